The summed E-state index contributed by atoms with van der Waals surface area (Å²) in [6, 6.07) is 6.52. The van der Waals surface area contributed by atoms with E-state index in [1.807, 2.05) is 19.9 Å². The molecule has 2 rings (SSSR count). The lowest BCUT2D eigenvalue weighted by molar-refractivity contribution is 0.312. The second-order valence-corrected chi connectivity index (χ2v) is 4.53. The summed E-state index contributed by atoms with van der Waals surface area (Å²) in [5.41, 5.74) is 3.43. The maximum atomic E-state index is 5.41. The summed E-state index contributed by atoms with van der Waals surface area (Å²) in [7, 11) is 0. The van der Waals surface area contributed by atoms with E-state index in [0.717, 1.165) is 12.1 Å². The molecule has 1 N–H and O–H groups in total. The van der Waals surface area contributed by atoms with Crippen molar-refractivity contribution in [3.05, 3.63) is 29.3 Å². The lowest BCUT2D eigenvalue weighted by atomic mass is 10.1. The first-order valence-electron chi connectivity index (χ1n) is 6.84. The molecular formula is C15H20N4O. The topological polar surface area (TPSA) is 59.9 Å². The normalized spacial score (nSPS) is 10.4. The highest BCUT2D eigenvalue weighted by Gasteiger charge is 2.09. The molecule has 0 aliphatic carbocycles. The van der Waals surface area contributed by atoms with Gasteiger partial charge in [0.1, 0.15) is 0 Å². The Morgan fingerprint density at radius 3 is 2.50 bits per heavy atom. The van der Waals surface area contributed by atoms with Crippen molar-refractivity contribution in [3.8, 4) is 17.4 Å². The highest BCUT2D eigenvalue weighted by atomic mass is 16.5. The first kappa shape index (κ1) is 14.2. The van der Waals surface area contributed by atoms with Crippen LogP contribution >= 0.6 is 0 Å². The zero-order valence-corrected chi connectivity index (χ0v) is 12.4. The molecule has 0 atom stereocenters. The number of ether oxygens (including phenoxy) is 1. The van der Waals surface area contributed by atoms with E-state index >= 15 is 0 Å². The van der Waals surface area contributed by atoms with Gasteiger partial charge in [0.2, 0.25) is 5.95 Å². The second kappa shape index (κ2) is 6.32. The molecule has 1 heterocycles. The summed E-state index contributed by atoms with van der Waals surface area (Å²) >= 11 is 0. The Labute approximate surface area is 119 Å². The van der Waals surface area contributed by atoms with Gasteiger partial charge in [-0.15, -0.1) is 0 Å². The molecule has 2 aromatic rings. The number of aromatic nitrogens is 3. The third kappa shape index (κ3) is 3.23. The van der Waals surface area contributed by atoms with E-state index in [2.05, 4.69) is 46.2 Å². The van der Waals surface area contributed by atoms with E-state index in [9.17, 15) is 0 Å². The van der Waals surface area contributed by atoms with Crippen molar-refractivity contribution < 1.29 is 4.74 Å². The van der Waals surface area contributed by atoms with Crippen molar-refractivity contribution in [2.75, 3.05) is 18.5 Å². The summed E-state index contributed by atoms with van der Waals surface area (Å²) in [5, 5.41) is 3.10. The van der Waals surface area contributed by atoms with Crippen LogP contribution < -0.4 is 10.1 Å². The van der Waals surface area contributed by atoms with E-state index < -0.39 is 0 Å². The number of anilines is 1. The largest absolute Gasteiger partial charge is 0.464 e. The summed E-state index contributed by atoms with van der Waals surface area (Å²) in [6.45, 7) is 9.35. The van der Waals surface area contributed by atoms with E-state index in [4.69, 9.17) is 4.74 Å². The molecule has 0 radical (unpaired) electrons. The van der Waals surface area contributed by atoms with E-state index in [1.54, 1.807) is 0 Å². The first-order chi connectivity index (χ1) is 9.63. The van der Waals surface area contributed by atoms with E-state index in [-0.39, 0.29) is 0 Å². The number of hydrogen-bond donors (Lipinski definition) is 1. The Balaban J connectivity index is 2.45. The molecular weight excluding hydrogens is 252 g/mol. The number of rotatable bonds is 5. The average molecular weight is 272 g/mol. The highest BCUT2D eigenvalue weighted by Crippen LogP contribution is 2.21. The number of benzene rings is 1. The molecule has 1 aromatic carbocycles. The van der Waals surface area contributed by atoms with Crippen molar-refractivity contribution >= 4 is 5.95 Å². The molecule has 0 spiro atoms. The van der Waals surface area contributed by atoms with Gasteiger partial charge in [-0.25, -0.2) is 0 Å². The molecule has 1 aromatic heterocycles. The van der Waals surface area contributed by atoms with Crippen LogP contribution in [0.25, 0.3) is 11.4 Å². The maximum Gasteiger partial charge on any atom is 0.321 e. The van der Waals surface area contributed by atoms with Crippen molar-refractivity contribution in [3.63, 3.8) is 0 Å². The molecule has 0 fully saturated rings. The molecule has 5 nitrogen and oxygen atoms in total. The van der Waals surface area contributed by atoms with E-state index in [0.29, 0.717) is 24.4 Å². The van der Waals surface area contributed by atoms with Crippen LogP contribution in [-0.2, 0) is 0 Å². The molecule has 106 valence electrons. The fourth-order valence-corrected chi connectivity index (χ4v) is 1.80. The Morgan fingerprint density at radius 2 is 1.85 bits per heavy atom. The van der Waals surface area contributed by atoms with E-state index in [1.165, 1.54) is 11.1 Å². The monoisotopic (exact) mass is 272 g/mol. The Kier molecular flexibility index (Phi) is 4.50. The molecule has 0 unspecified atom stereocenters. The van der Waals surface area contributed by atoms with Gasteiger partial charge >= 0.3 is 6.01 Å². The molecule has 5 heteroatoms. The minimum absolute atomic E-state index is 0.353. The van der Waals surface area contributed by atoms with Crippen LogP contribution in [0.4, 0.5) is 5.95 Å². The maximum absolute atomic E-state index is 5.41. The van der Waals surface area contributed by atoms with Gasteiger partial charge in [0.25, 0.3) is 0 Å². The highest BCUT2D eigenvalue weighted by molar-refractivity contribution is 5.58. The standard InChI is InChI=1S/C15H20N4O/c1-5-16-14-17-13(18-15(19-14)20-6-2)12-8-7-10(3)11(4)9-12/h7-9H,5-6H2,1-4H3,(H,16,17,18,19). The van der Waals surface area contributed by atoms with Crippen LogP contribution in [0.2, 0.25) is 0 Å². The zero-order valence-electron chi connectivity index (χ0n) is 12.4. The second-order valence-electron chi connectivity index (χ2n) is 4.53. The summed E-state index contributed by atoms with van der Waals surface area (Å²) in [6.07, 6.45) is 0. The summed E-state index contributed by atoms with van der Waals surface area (Å²) < 4.78 is 5.41. The fraction of sp³-hybridized carbons (Fsp3) is 0.400. The van der Waals surface area contributed by atoms with Gasteiger partial charge in [0, 0.05) is 12.1 Å². The van der Waals surface area contributed by atoms with Crippen LogP contribution in [-0.4, -0.2) is 28.1 Å². The lowest BCUT2D eigenvalue weighted by Crippen LogP contribution is -2.07. The summed E-state index contributed by atoms with van der Waals surface area (Å²) in [5.74, 6) is 1.17. The SMILES string of the molecule is CCNc1nc(OCC)nc(-c2ccc(C)c(C)c2)n1. The molecule has 0 bridgehead atoms. The van der Waals surface area contributed by atoms with Crippen LogP contribution in [0.15, 0.2) is 18.2 Å². The number of nitrogens with one attached hydrogen (secondary N) is 1. The van der Waals surface area contributed by atoms with Crippen molar-refractivity contribution in [1.29, 1.82) is 0 Å². The number of hydrogen-bond acceptors (Lipinski definition) is 5. The molecule has 20 heavy (non-hydrogen) atoms. The predicted octanol–water partition coefficient (Wildman–Crippen LogP) is 2.99. The number of nitrogens with zero attached hydrogens (tertiary/aromatic N) is 3. The predicted molar refractivity (Wildman–Crippen MR) is 80.1 cm³/mol. The van der Waals surface area contributed by atoms with Gasteiger partial charge in [-0.05, 0) is 44.9 Å². The third-order valence-electron chi connectivity index (χ3n) is 2.99. The quantitative estimate of drug-likeness (QED) is 0.906. The van der Waals surface area contributed by atoms with Gasteiger partial charge in [-0.3, -0.25) is 0 Å². The zero-order chi connectivity index (χ0) is 14.5. The number of aryl methyl sites for hydroxylation is 2. The minimum atomic E-state index is 0.353. The van der Waals surface area contributed by atoms with Crippen LogP contribution in [0.1, 0.15) is 25.0 Å². The molecule has 0 aliphatic rings. The Morgan fingerprint density at radius 1 is 1.05 bits per heavy atom. The minimum Gasteiger partial charge on any atom is -0.464 e. The van der Waals surface area contributed by atoms with Crippen LogP contribution in [0.3, 0.4) is 0 Å². The molecule has 0 saturated carbocycles. The molecule has 0 amide bonds. The Bertz CT molecular complexity index is 574. The van der Waals surface area contributed by atoms with Crippen LogP contribution in [0, 0.1) is 13.8 Å². The first-order valence-corrected chi connectivity index (χ1v) is 6.84. The fourth-order valence-electron chi connectivity index (χ4n) is 1.80. The van der Waals surface area contributed by atoms with Crippen molar-refractivity contribution in [2.24, 2.45) is 0 Å². The smallest absolute Gasteiger partial charge is 0.321 e. The van der Waals surface area contributed by atoms with Gasteiger partial charge in [-0.2, -0.15) is 15.0 Å². The average Bonchev–Trinajstić information content (AvgIpc) is 2.42. The summed E-state index contributed by atoms with van der Waals surface area (Å²) in [4.78, 5) is 13.0. The lowest BCUT2D eigenvalue weighted by Gasteiger charge is -2.09. The van der Waals surface area contributed by atoms with Gasteiger partial charge in [-0.1, -0.05) is 12.1 Å². The van der Waals surface area contributed by atoms with Crippen molar-refractivity contribution in [2.45, 2.75) is 27.7 Å². The third-order valence-corrected chi connectivity index (χ3v) is 2.99. The molecule has 0 saturated heterocycles. The van der Waals surface area contributed by atoms with Gasteiger partial charge in [0.15, 0.2) is 5.82 Å². The van der Waals surface area contributed by atoms with Gasteiger partial charge < -0.3 is 10.1 Å². The van der Waals surface area contributed by atoms with Crippen molar-refractivity contribution in [1.82, 2.24) is 15.0 Å². The van der Waals surface area contributed by atoms with Gasteiger partial charge in [0.05, 0.1) is 6.61 Å². The van der Waals surface area contributed by atoms with Crippen LogP contribution in [0.5, 0.6) is 6.01 Å². The molecule has 0 aliphatic heterocycles. The Hall–Kier alpha value is -2.17.